The summed E-state index contributed by atoms with van der Waals surface area (Å²) in [6.07, 6.45) is 0. The molecule has 0 unspecified atom stereocenters. The second-order valence-electron chi connectivity index (χ2n) is 4.14. The Balaban J connectivity index is 1.65. The van der Waals surface area contributed by atoms with Crippen LogP contribution in [0.3, 0.4) is 0 Å². The van der Waals surface area contributed by atoms with Crippen molar-refractivity contribution in [1.29, 1.82) is 0 Å². The van der Waals surface area contributed by atoms with E-state index >= 15 is 0 Å². The number of benzene rings is 1. The van der Waals surface area contributed by atoms with Crippen LogP contribution in [0.25, 0.3) is 0 Å². The molecule has 5 nitrogen and oxygen atoms in total. The third-order valence-corrected chi connectivity index (χ3v) is 2.89. The molecule has 96 valence electrons. The molecule has 1 aromatic carbocycles. The van der Waals surface area contributed by atoms with Gasteiger partial charge in [0.15, 0.2) is 0 Å². The molecule has 1 aromatic rings. The first-order chi connectivity index (χ1) is 8.75. The number of hydroxylamine groups is 2. The third-order valence-electron chi connectivity index (χ3n) is 2.89. The van der Waals surface area contributed by atoms with E-state index in [4.69, 9.17) is 9.41 Å². The van der Waals surface area contributed by atoms with Crippen LogP contribution in [0.5, 0.6) is 5.75 Å². The van der Waals surface area contributed by atoms with Gasteiger partial charge in [0.05, 0.1) is 0 Å². The highest BCUT2D eigenvalue weighted by molar-refractivity contribution is 6.19. The largest absolute Gasteiger partial charge is 0.538 e. The number of rotatable bonds is 4. The van der Waals surface area contributed by atoms with E-state index in [2.05, 4.69) is 0 Å². The molecule has 0 aromatic heterocycles. The topological polar surface area (TPSA) is 42.0 Å². The number of carbonyl (C=O) groups is 1. The third kappa shape index (κ3) is 3.75. The van der Waals surface area contributed by atoms with Crippen LogP contribution >= 0.6 is 0 Å². The van der Waals surface area contributed by atoms with E-state index in [-0.39, 0.29) is 13.6 Å². The van der Waals surface area contributed by atoms with Crippen molar-refractivity contribution < 1.29 is 14.2 Å². The molecule has 0 saturated carbocycles. The van der Waals surface area contributed by atoms with Gasteiger partial charge in [0.1, 0.15) is 5.75 Å². The molecule has 1 aliphatic heterocycles. The fourth-order valence-corrected chi connectivity index (χ4v) is 1.82. The lowest BCUT2D eigenvalue weighted by atomic mass is 10.3. The van der Waals surface area contributed by atoms with Crippen LogP contribution in [0.15, 0.2) is 30.3 Å². The van der Waals surface area contributed by atoms with E-state index in [9.17, 15) is 4.79 Å². The molecule has 1 aliphatic rings. The Bertz CT molecular complexity index is 380. The average molecular weight is 248 g/mol. The predicted octanol–water partition coefficient (Wildman–Crippen LogP) is 0.428. The molecule has 0 aliphatic carbocycles. The van der Waals surface area contributed by atoms with Crippen molar-refractivity contribution in [3.63, 3.8) is 0 Å². The van der Waals surface area contributed by atoms with Gasteiger partial charge < -0.3 is 14.3 Å². The molecule has 1 saturated heterocycles. The molecule has 0 radical (unpaired) electrons. The highest BCUT2D eigenvalue weighted by atomic mass is 16.7. The van der Waals surface area contributed by atoms with Crippen molar-refractivity contribution in [2.24, 2.45) is 0 Å². The maximum Gasteiger partial charge on any atom is 0.524 e. The Morgan fingerprint density at radius 2 is 1.83 bits per heavy atom. The molecule has 0 atom stereocenters. The van der Waals surface area contributed by atoms with Crippen LogP contribution in [0.4, 0.5) is 0 Å². The first kappa shape index (κ1) is 12.9. The van der Waals surface area contributed by atoms with E-state index in [1.165, 1.54) is 0 Å². The summed E-state index contributed by atoms with van der Waals surface area (Å²) >= 11 is 0. The molecule has 2 rings (SSSR count). The van der Waals surface area contributed by atoms with E-state index in [1.807, 2.05) is 40.3 Å². The van der Waals surface area contributed by atoms with Crippen LogP contribution < -0.4 is 4.65 Å². The van der Waals surface area contributed by atoms with Crippen LogP contribution in [0.2, 0.25) is 0 Å². The number of hydrogen-bond donors (Lipinski definition) is 0. The number of hydrogen-bond acceptors (Lipinski definition) is 4. The molecule has 0 N–H and O–H groups in total. The number of para-hydroxylation sites is 1. The first-order valence-corrected chi connectivity index (χ1v) is 6.07. The van der Waals surface area contributed by atoms with Crippen molar-refractivity contribution in [3.05, 3.63) is 30.3 Å². The molecule has 0 spiro atoms. The number of nitrogens with zero attached hydrogens (tertiary/aromatic N) is 2. The summed E-state index contributed by atoms with van der Waals surface area (Å²) < 4.78 is 10.9. The van der Waals surface area contributed by atoms with Crippen molar-refractivity contribution in [2.75, 3.05) is 26.2 Å². The summed E-state index contributed by atoms with van der Waals surface area (Å²) in [6, 6.07) is 9.55. The maximum absolute atomic E-state index is 11.1. The second-order valence-corrected chi connectivity index (χ2v) is 4.14. The number of carbonyl (C=O) groups excluding carboxylic acids is 1. The zero-order chi connectivity index (χ0) is 12.8. The van der Waals surface area contributed by atoms with Gasteiger partial charge in [-0.15, -0.1) is 0 Å². The Morgan fingerprint density at radius 3 is 2.44 bits per heavy atom. The van der Waals surface area contributed by atoms with Gasteiger partial charge in [0, 0.05) is 33.1 Å². The van der Waals surface area contributed by atoms with E-state index in [1.54, 1.807) is 6.92 Å². The predicted molar refractivity (Wildman–Crippen MR) is 69.1 cm³/mol. The number of piperazine rings is 1. The van der Waals surface area contributed by atoms with Crippen LogP contribution in [0.1, 0.15) is 6.92 Å². The van der Waals surface area contributed by atoms with Gasteiger partial charge in [-0.2, -0.15) is 5.06 Å². The van der Waals surface area contributed by atoms with Crippen molar-refractivity contribution in [3.8, 4) is 5.75 Å². The molecular weight excluding hydrogens is 231 g/mol. The van der Waals surface area contributed by atoms with Crippen LogP contribution in [-0.2, 0) is 9.55 Å². The van der Waals surface area contributed by atoms with E-state index in [0.717, 1.165) is 18.8 Å². The monoisotopic (exact) mass is 248 g/mol. The summed E-state index contributed by atoms with van der Waals surface area (Å²) in [7, 11) is 0.198. The Kier molecular flexibility index (Phi) is 4.61. The standard InChI is InChI=1S/C12H17BN2O3/c1-11(16)14-7-9-15(10-8-14)18-13-17-12-5-3-2-4-6-12/h2-6,13H,7-10H2,1H3. The minimum Gasteiger partial charge on any atom is -0.538 e. The fraction of sp³-hybridized carbons (Fsp3) is 0.417. The van der Waals surface area contributed by atoms with Gasteiger partial charge in [-0.25, -0.2) is 0 Å². The molecule has 0 bridgehead atoms. The summed E-state index contributed by atoms with van der Waals surface area (Å²) in [5.41, 5.74) is 0. The van der Waals surface area contributed by atoms with Crippen molar-refractivity contribution >= 4 is 13.6 Å². The van der Waals surface area contributed by atoms with Gasteiger partial charge in [-0.1, -0.05) is 18.2 Å². The van der Waals surface area contributed by atoms with Gasteiger partial charge in [0.25, 0.3) is 0 Å². The molecular formula is C12H17BN2O3. The van der Waals surface area contributed by atoms with Crippen molar-refractivity contribution in [2.45, 2.75) is 6.92 Å². The number of amides is 1. The van der Waals surface area contributed by atoms with E-state index in [0.29, 0.717) is 13.1 Å². The summed E-state index contributed by atoms with van der Waals surface area (Å²) in [4.78, 5) is 13.0. The van der Waals surface area contributed by atoms with Gasteiger partial charge in [0.2, 0.25) is 5.91 Å². The molecule has 18 heavy (non-hydrogen) atoms. The quantitative estimate of drug-likeness (QED) is 0.724. The zero-order valence-corrected chi connectivity index (χ0v) is 10.5. The molecule has 6 heteroatoms. The highest BCUT2D eigenvalue weighted by Crippen LogP contribution is 2.08. The molecule has 1 amide bonds. The fourth-order valence-electron chi connectivity index (χ4n) is 1.82. The van der Waals surface area contributed by atoms with Crippen LogP contribution in [-0.4, -0.2) is 49.7 Å². The smallest absolute Gasteiger partial charge is 0.524 e. The minimum absolute atomic E-state index is 0.121. The SMILES string of the molecule is CC(=O)N1CCN(OBOc2ccccc2)CC1. The molecule has 1 fully saturated rings. The highest BCUT2D eigenvalue weighted by Gasteiger charge is 2.19. The van der Waals surface area contributed by atoms with Gasteiger partial charge in [-0.3, -0.25) is 4.79 Å². The normalized spacial score (nSPS) is 16.4. The lowest BCUT2D eigenvalue weighted by Gasteiger charge is -2.33. The molecule has 1 heterocycles. The summed E-state index contributed by atoms with van der Waals surface area (Å²) in [5, 5.41) is 1.84. The first-order valence-electron chi connectivity index (χ1n) is 6.07. The Hall–Kier alpha value is -1.53. The van der Waals surface area contributed by atoms with Gasteiger partial charge in [-0.05, 0) is 12.1 Å². The minimum atomic E-state index is 0.121. The Morgan fingerprint density at radius 1 is 1.17 bits per heavy atom. The van der Waals surface area contributed by atoms with Crippen LogP contribution in [0, 0.1) is 0 Å². The lowest BCUT2D eigenvalue weighted by molar-refractivity contribution is -0.139. The van der Waals surface area contributed by atoms with Gasteiger partial charge >= 0.3 is 7.69 Å². The Labute approximate surface area is 108 Å². The average Bonchev–Trinajstić information content (AvgIpc) is 2.40. The lowest BCUT2D eigenvalue weighted by Crippen LogP contribution is -2.48. The second kappa shape index (κ2) is 6.42. The van der Waals surface area contributed by atoms with Crippen molar-refractivity contribution in [1.82, 2.24) is 9.96 Å². The summed E-state index contributed by atoms with van der Waals surface area (Å²) in [6.45, 7) is 4.45. The maximum atomic E-state index is 11.1. The summed E-state index contributed by atoms with van der Waals surface area (Å²) in [5.74, 6) is 0.912. The van der Waals surface area contributed by atoms with E-state index < -0.39 is 0 Å². The zero-order valence-electron chi connectivity index (χ0n) is 10.5.